The molecule has 0 bridgehead atoms. The molecule has 2 aliphatic carbocycles. The Bertz CT molecular complexity index is 143. The van der Waals surface area contributed by atoms with E-state index in [-0.39, 0.29) is 21.1 Å². The SMILES string of the molecule is C1=CCC=C1.C1=CCC=C1.[Pt]. The third-order valence-electron chi connectivity index (χ3n) is 1.31. The summed E-state index contributed by atoms with van der Waals surface area (Å²) in [6, 6.07) is 0. The van der Waals surface area contributed by atoms with Crippen LogP contribution in [0.2, 0.25) is 0 Å². The minimum Gasteiger partial charge on any atom is -0.0808 e. The minimum atomic E-state index is 0. The van der Waals surface area contributed by atoms with E-state index in [0.29, 0.717) is 0 Å². The fourth-order valence-corrected chi connectivity index (χ4v) is 0.786. The van der Waals surface area contributed by atoms with Crippen LogP contribution in [-0.4, -0.2) is 0 Å². The molecule has 2 aliphatic rings. The zero-order valence-corrected chi connectivity index (χ0v) is 8.62. The second-order valence-electron chi connectivity index (χ2n) is 2.18. The van der Waals surface area contributed by atoms with Gasteiger partial charge in [-0.2, -0.15) is 0 Å². The van der Waals surface area contributed by atoms with Gasteiger partial charge < -0.3 is 0 Å². The Hall–Kier alpha value is -0.352. The van der Waals surface area contributed by atoms with Crippen molar-refractivity contribution in [3.05, 3.63) is 48.6 Å². The fraction of sp³-hybridized carbons (Fsp3) is 0.200. The largest absolute Gasteiger partial charge is 0.0808 e. The Morgan fingerprint density at radius 3 is 0.909 bits per heavy atom. The Balaban J connectivity index is 0.000000167. The number of allylic oxidation sites excluding steroid dienone is 8. The summed E-state index contributed by atoms with van der Waals surface area (Å²) in [5, 5.41) is 0. The number of hydrogen-bond acceptors (Lipinski definition) is 0. The zero-order valence-electron chi connectivity index (χ0n) is 6.35. The van der Waals surface area contributed by atoms with E-state index >= 15 is 0 Å². The summed E-state index contributed by atoms with van der Waals surface area (Å²) in [5.74, 6) is 0. The van der Waals surface area contributed by atoms with Gasteiger partial charge in [-0.15, -0.1) is 0 Å². The first-order valence-corrected chi connectivity index (χ1v) is 3.63. The van der Waals surface area contributed by atoms with E-state index in [9.17, 15) is 0 Å². The van der Waals surface area contributed by atoms with Crippen molar-refractivity contribution in [1.82, 2.24) is 0 Å². The predicted molar refractivity (Wildman–Crippen MR) is 45.8 cm³/mol. The summed E-state index contributed by atoms with van der Waals surface area (Å²) in [4.78, 5) is 0. The average Bonchev–Trinajstić information content (AvgIpc) is 2.67. The smallest absolute Gasteiger partial charge is 0 e. The van der Waals surface area contributed by atoms with Crippen LogP contribution in [0.25, 0.3) is 0 Å². The number of hydrogen-bond donors (Lipinski definition) is 0. The molecular formula is C10H12Pt. The first kappa shape index (κ1) is 10.6. The maximum absolute atomic E-state index is 2.12. The van der Waals surface area contributed by atoms with Crippen LogP contribution in [0.4, 0.5) is 0 Å². The van der Waals surface area contributed by atoms with Crippen LogP contribution in [-0.2, 0) is 21.1 Å². The van der Waals surface area contributed by atoms with Crippen molar-refractivity contribution in [1.29, 1.82) is 0 Å². The molecule has 0 aromatic carbocycles. The third-order valence-corrected chi connectivity index (χ3v) is 1.31. The molecule has 0 atom stereocenters. The summed E-state index contributed by atoms with van der Waals surface area (Å²) >= 11 is 0. The van der Waals surface area contributed by atoms with Crippen LogP contribution < -0.4 is 0 Å². The summed E-state index contributed by atoms with van der Waals surface area (Å²) in [5.41, 5.74) is 0. The fourth-order valence-electron chi connectivity index (χ4n) is 0.786. The van der Waals surface area contributed by atoms with E-state index < -0.39 is 0 Å². The van der Waals surface area contributed by atoms with E-state index in [1.807, 2.05) is 0 Å². The van der Waals surface area contributed by atoms with Crippen molar-refractivity contribution < 1.29 is 21.1 Å². The molecule has 2 rings (SSSR count). The van der Waals surface area contributed by atoms with Crippen LogP contribution in [0.1, 0.15) is 12.8 Å². The Labute approximate surface area is 82.6 Å². The molecule has 0 amide bonds. The molecule has 11 heavy (non-hydrogen) atoms. The quantitative estimate of drug-likeness (QED) is 0.642. The topological polar surface area (TPSA) is 0 Å². The molecule has 0 unspecified atom stereocenters. The van der Waals surface area contributed by atoms with Crippen LogP contribution in [0.15, 0.2) is 48.6 Å². The molecule has 0 spiro atoms. The average molecular weight is 327 g/mol. The van der Waals surface area contributed by atoms with E-state index in [2.05, 4.69) is 48.6 Å². The molecule has 0 N–H and O–H groups in total. The first-order chi connectivity index (χ1) is 5.00. The van der Waals surface area contributed by atoms with E-state index in [0.717, 1.165) is 12.8 Å². The van der Waals surface area contributed by atoms with E-state index in [1.165, 1.54) is 0 Å². The van der Waals surface area contributed by atoms with Crippen molar-refractivity contribution in [3.8, 4) is 0 Å². The molecule has 0 saturated carbocycles. The molecule has 0 nitrogen and oxygen atoms in total. The monoisotopic (exact) mass is 327 g/mol. The van der Waals surface area contributed by atoms with Crippen molar-refractivity contribution in [3.63, 3.8) is 0 Å². The number of rotatable bonds is 0. The summed E-state index contributed by atoms with van der Waals surface area (Å²) in [7, 11) is 0. The molecule has 0 aromatic heterocycles. The predicted octanol–water partition coefficient (Wildman–Crippen LogP) is 3.00. The second kappa shape index (κ2) is 7.75. The van der Waals surface area contributed by atoms with Crippen LogP contribution in [0.3, 0.4) is 0 Å². The van der Waals surface area contributed by atoms with Gasteiger partial charge in [0.1, 0.15) is 0 Å². The van der Waals surface area contributed by atoms with Gasteiger partial charge in [-0.25, -0.2) is 0 Å². The molecule has 1 heteroatoms. The Kier molecular flexibility index (Phi) is 7.50. The van der Waals surface area contributed by atoms with Crippen molar-refractivity contribution in [2.75, 3.05) is 0 Å². The Morgan fingerprint density at radius 1 is 0.545 bits per heavy atom. The van der Waals surface area contributed by atoms with Crippen molar-refractivity contribution in [2.45, 2.75) is 12.8 Å². The van der Waals surface area contributed by atoms with Crippen molar-refractivity contribution >= 4 is 0 Å². The summed E-state index contributed by atoms with van der Waals surface area (Å²) in [6.45, 7) is 0. The van der Waals surface area contributed by atoms with E-state index in [4.69, 9.17) is 0 Å². The van der Waals surface area contributed by atoms with Crippen LogP contribution in [0, 0.1) is 0 Å². The van der Waals surface area contributed by atoms with Gasteiger partial charge in [0.05, 0.1) is 0 Å². The third kappa shape index (κ3) is 6.06. The normalized spacial score (nSPS) is 16.0. The zero-order chi connectivity index (χ0) is 7.07. The van der Waals surface area contributed by atoms with Crippen LogP contribution in [0.5, 0.6) is 0 Å². The van der Waals surface area contributed by atoms with E-state index in [1.54, 1.807) is 0 Å². The molecule has 62 valence electrons. The van der Waals surface area contributed by atoms with Gasteiger partial charge in [0.15, 0.2) is 0 Å². The van der Waals surface area contributed by atoms with Crippen molar-refractivity contribution in [2.24, 2.45) is 0 Å². The van der Waals surface area contributed by atoms with Gasteiger partial charge in [0.2, 0.25) is 0 Å². The van der Waals surface area contributed by atoms with Gasteiger partial charge >= 0.3 is 0 Å². The first-order valence-electron chi connectivity index (χ1n) is 3.63. The molecule has 0 saturated heterocycles. The van der Waals surface area contributed by atoms with Gasteiger partial charge in [-0.05, 0) is 12.8 Å². The Morgan fingerprint density at radius 2 is 0.818 bits per heavy atom. The molecule has 0 fully saturated rings. The van der Waals surface area contributed by atoms with Gasteiger partial charge in [0, 0.05) is 21.1 Å². The van der Waals surface area contributed by atoms with Gasteiger partial charge in [-0.1, -0.05) is 48.6 Å². The van der Waals surface area contributed by atoms with Gasteiger partial charge in [-0.3, -0.25) is 0 Å². The molecule has 0 aromatic rings. The summed E-state index contributed by atoms with van der Waals surface area (Å²) in [6.07, 6.45) is 19.0. The summed E-state index contributed by atoms with van der Waals surface area (Å²) < 4.78 is 0. The maximum atomic E-state index is 2.12. The second-order valence-corrected chi connectivity index (χ2v) is 2.18. The molecule has 0 heterocycles. The van der Waals surface area contributed by atoms with Crippen LogP contribution >= 0.6 is 0 Å². The minimum absolute atomic E-state index is 0. The van der Waals surface area contributed by atoms with Gasteiger partial charge in [0.25, 0.3) is 0 Å². The molecule has 0 aliphatic heterocycles. The molecular weight excluding hydrogens is 315 g/mol. The standard InChI is InChI=1S/2C5H6.Pt/c2*1-2-4-5-3-1;/h2*1-4H,5H2;. The molecule has 0 radical (unpaired) electrons. The maximum Gasteiger partial charge on any atom is 0 e.